The molecule has 1 aliphatic carbocycles. The van der Waals surface area contributed by atoms with Crippen molar-refractivity contribution in [2.75, 3.05) is 0 Å². The average molecular weight is 343 g/mol. The van der Waals surface area contributed by atoms with Gasteiger partial charge in [-0.15, -0.1) is 11.3 Å². The van der Waals surface area contributed by atoms with Crippen LogP contribution in [0.15, 0.2) is 33.6 Å². The molecule has 6 heteroatoms. The number of hydrogen-bond donors (Lipinski definition) is 2. The number of allylic oxidation sites excluding steroid dienone is 2. The molecule has 0 aromatic carbocycles. The maximum Gasteiger partial charge on any atom is 0.331 e. The lowest BCUT2D eigenvalue weighted by Gasteiger charge is -2.26. The molecule has 0 bridgehead atoms. The van der Waals surface area contributed by atoms with Gasteiger partial charge in [0.15, 0.2) is 0 Å². The molecule has 2 N–H and O–H groups in total. The molecule has 0 amide bonds. The van der Waals surface area contributed by atoms with Crippen molar-refractivity contribution in [2.24, 2.45) is 5.41 Å². The van der Waals surface area contributed by atoms with E-state index in [4.69, 9.17) is 5.11 Å². The molecule has 19 heavy (non-hydrogen) atoms. The lowest BCUT2D eigenvalue weighted by Crippen LogP contribution is -2.29. The van der Waals surface area contributed by atoms with E-state index in [9.17, 15) is 14.7 Å². The van der Waals surface area contributed by atoms with Crippen LogP contribution in [0, 0.1) is 5.41 Å². The van der Waals surface area contributed by atoms with E-state index < -0.39 is 17.4 Å². The van der Waals surface area contributed by atoms with Gasteiger partial charge in [0.25, 0.3) is 0 Å². The van der Waals surface area contributed by atoms with Crippen LogP contribution >= 0.6 is 27.3 Å². The van der Waals surface area contributed by atoms with Gasteiger partial charge in [-0.3, -0.25) is 4.79 Å². The van der Waals surface area contributed by atoms with E-state index in [2.05, 4.69) is 15.9 Å². The van der Waals surface area contributed by atoms with Crippen LogP contribution in [0.25, 0.3) is 5.57 Å². The molecule has 0 saturated carbocycles. The summed E-state index contributed by atoms with van der Waals surface area (Å²) >= 11 is 4.78. The standard InChI is InChI=1S/C13H11BrO4S/c1-13(12(17)18)5-7(4-8(6-13)11(15)16)9-2-3-10(14)19-9/h2-5H,6H2,1H3,(H,15,16)(H,17,18). The van der Waals surface area contributed by atoms with E-state index >= 15 is 0 Å². The highest BCUT2D eigenvalue weighted by molar-refractivity contribution is 9.11. The minimum absolute atomic E-state index is 0.00624. The Kier molecular flexibility index (Phi) is 3.64. The number of carbonyl (C=O) groups is 2. The van der Waals surface area contributed by atoms with E-state index in [-0.39, 0.29) is 12.0 Å². The number of carboxylic acid groups (broad SMARTS) is 2. The molecule has 100 valence electrons. The zero-order valence-corrected chi connectivity index (χ0v) is 12.4. The smallest absolute Gasteiger partial charge is 0.331 e. The van der Waals surface area contributed by atoms with Crippen molar-refractivity contribution in [2.45, 2.75) is 13.3 Å². The number of aliphatic carboxylic acids is 2. The summed E-state index contributed by atoms with van der Waals surface area (Å²) in [6, 6.07) is 3.69. The molecule has 4 nitrogen and oxygen atoms in total. The van der Waals surface area contributed by atoms with Gasteiger partial charge in [-0.05, 0) is 53.1 Å². The fourth-order valence-corrected chi connectivity index (χ4v) is 3.33. The van der Waals surface area contributed by atoms with Crippen molar-refractivity contribution in [1.29, 1.82) is 0 Å². The molecule has 2 rings (SSSR count). The predicted octanol–water partition coefficient (Wildman–Crippen LogP) is 3.40. The molecule has 0 saturated heterocycles. The van der Waals surface area contributed by atoms with Crippen molar-refractivity contribution >= 4 is 44.8 Å². The number of carboxylic acids is 2. The average Bonchev–Trinajstić information content (AvgIpc) is 2.75. The van der Waals surface area contributed by atoms with Gasteiger partial charge in [0.2, 0.25) is 0 Å². The van der Waals surface area contributed by atoms with Gasteiger partial charge in [0, 0.05) is 10.5 Å². The molecular weight excluding hydrogens is 332 g/mol. The first-order valence-corrected chi connectivity index (χ1v) is 7.08. The van der Waals surface area contributed by atoms with E-state index in [1.807, 2.05) is 12.1 Å². The van der Waals surface area contributed by atoms with Crippen molar-refractivity contribution in [3.63, 3.8) is 0 Å². The maximum absolute atomic E-state index is 11.4. The Hall–Kier alpha value is -1.40. The Morgan fingerprint density at radius 3 is 2.53 bits per heavy atom. The van der Waals surface area contributed by atoms with Crippen molar-refractivity contribution in [3.8, 4) is 0 Å². The quantitative estimate of drug-likeness (QED) is 0.882. The molecule has 1 unspecified atom stereocenters. The molecular formula is C13H11BrO4S. The minimum Gasteiger partial charge on any atom is -0.481 e. The molecule has 1 heterocycles. The number of rotatable bonds is 3. The summed E-state index contributed by atoms with van der Waals surface area (Å²) < 4.78 is 0.913. The third-order valence-corrected chi connectivity index (χ3v) is 4.66. The SMILES string of the molecule is CC1(C(=O)O)C=C(c2ccc(Br)s2)C=C(C(=O)O)C1. The Morgan fingerprint density at radius 2 is 2.05 bits per heavy atom. The number of halogens is 1. The second-order valence-electron chi connectivity index (χ2n) is 4.58. The summed E-state index contributed by atoms with van der Waals surface area (Å²) in [6.45, 7) is 1.54. The van der Waals surface area contributed by atoms with Crippen LogP contribution in [0.2, 0.25) is 0 Å². The Bertz CT molecular complexity index is 614. The van der Waals surface area contributed by atoms with Crippen molar-refractivity contribution in [3.05, 3.63) is 38.5 Å². The second kappa shape index (κ2) is 4.94. The zero-order valence-electron chi connectivity index (χ0n) is 10.0. The first-order valence-electron chi connectivity index (χ1n) is 5.48. The van der Waals surface area contributed by atoms with E-state index in [0.29, 0.717) is 5.57 Å². The maximum atomic E-state index is 11.4. The van der Waals surface area contributed by atoms with Crippen LogP contribution in [0.4, 0.5) is 0 Å². The molecule has 0 fully saturated rings. The number of thiophene rings is 1. The summed E-state index contributed by atoms with van der Waals surface area (Å²) in [5, 5.41) is 18.4. The van der Waals surface area contributed by atoms with E-state index in [0.717, 1.165) is 8.66 Å². The van der Waals surface area contributed by atoms with Crippen LogP contribution in [0.3, 0.4) is 0 Å². The van der Waals surface area contributed by atoms with Gasteiger partial charge in [0.05, 0.1) is 9.20 Å². The molecule has 1 aromatic rings. The molecule has 0 aliphatic heterocycles. The van der Waals surface area contributed by atoms with Gasteiger partial charge in [-0.2, -0.15) is 0 Å². The monoisotopic (exact) mass is 342 g/mol. The van der Waals surface area contributed by atoms with Gasteiger partial charge >= 0.3 is 11.9 Å². The fraction of sp³-hybridized carbons (Fsp3) is 0.231. The topological polar surface area (TPSA) is 74.6 Å². The van der Waals surface area contributed by atoms with Gasteiger partial charge < -0.3 is 10.2 Å². The summed E-state index contributed by atoms with van der Waals surface area (Å²) in [7, 11) is 0. The lowest BCUT2D eigenvalue weighted by molar-refractivity contribution is -0.145. The van der Waals surface area contributed by atoms with Gasteiger partial charge in [-0.1, -0.05) is 6.08 Å². The first kappa shape index (κ1) is 14.0. The third kappa shape index (κ3) is 2.79. The Morgan fingerprint density at radius 1 is 1.37 bits per heavy atom. The van der Waals surface area contributed by atoms with E-state index in [1.165, 1.54) is 18.3 Å². The van der Waals surface area contributed by atoms with Crippen LogP contribution < -0.4 is 0 Å². The Labute approximate surface area is 122 Å². The van der Waals surface area contributed by atoms with Crippen molar-refractivity contribution in [1.82, 2.24) is 0 Å². The largest absolute Gasteiger partial charge is 0.481 e. The van der Waals surface area contributed by atoms with Gasteiger partial charge in [0.1, 0.15) is 0 Å². The summed E-state index contributed by atoms with van der Waals surface area (Å²) in [4.78, 5) is 23.4. The summed E-state index contributed by atoms with van der Waals surface area (Å²) in [5.41, 5.74) is -0.426. The summed E-state index contributed by atoms with van der Waals surface area (Å²) in [5.74, 6) is -2.10. The summed E-state index contributed by atoms with van der Waals surface area (Å²) in [6.07, 6.45) is 3.17. The van der Waals surface area contributed by atoms with E-state index in [1.54, 1.807) is 12.2 Å². The number of hydrogen-bond acceptors (Lipinski definition) is 3. The van der Waals surface area contributed by atoms with Crippen LogP contribution in [0.1, 0.15) is 18.2 Å². The Balaban J connectivity index is 2.52. The fourth-order valence-electron chi connectivity index (χ4n) is 1.96. The van der Waals surface area contributed by atoms with Crippen LogP contribution in [0.5, 0.6) is 0 Å². The van der Waals surface area contributed by atoms with Crippen LogP contribution in [-0.2, 0) is 9.59 Å². The zero-order chi connectivity index (χ0) is 14.2. The first-order chi connectivity index (χ1) is 8.82. The minimum atomic E-state index is -1.19. The van der Waals surface area contributed by atoms with Gasteiger partial charge in [-0.25, -0.2) is 4.79 Å². The predicted molar refractivity (Wildman–Crippen MR) is 76.1 cm³/mol. The lowest BCUT2D eigenvalue weighted by atomic mass is 9.77. The van der Waals surface area contributed by atoms with Crippen LogP contribution in [-0.4, -0.2) is 22.2 Å². The molecule has 0 spiro atoms. The molecule has 1 aliphatic rings. The molecule has 0 radical (unpaired) electrons. The highest BCUT2D eigenvalue weighted by Gasteiger charge is 2.36. The molecule has 1 atom stereocenters. The van der Waals surface area contributed by atoms with Crippen molar-refractivity contribution < 1.29 is 19.8 Å². The second-order valence-corrected chi connectivity index (χ2v) is 7.04. The normalized spacial score (nSPS) is 22.6. The third-order valence-electron chi connectivity index (χ3n) is 2.98. The highest BCUT2D eigenvalue weighted by atomic mass is 79.9. The highest BCUT2D eigenvalue weighted by Crippen LogP contribution is 2.40. The molecule has 1 aromatic heterocycles.